The molecule has 0 aliphatic rings. The molecule has 0 unspecified atom stereocenters. The quantitative estimate of drug-likeness (QED) is 0.814. The average Bonchev–Trinajstić information content (AvgIpc) is 2.91. The lowest BCUT2D eigenvalue weighted by molar-refractivity contribution is -0.144. The molecule has 0 saturated carbocycles. The van der Waals surface area contributed by atoms with Crippen LogP contribution >= 0.6 is 0 Å². The van der Waals surface area contributed by atoms with Crippen LogP contribution in [-0.4, -0.2) is 42.1 Å². The number of rotatable bonds is 6. The Kier molecular flexibility index (Phi) is 6.39. The van der Waals surface area contributed by atoms with Crippen LogP contribution in [0.5, 0.6) is 0 Å². The molecule has 0 aliphatic heterocycles. The Morgan fingerprint density at radius 3 is 2.45 bits per heavy atom. The molecule has 0 aliphatic carbocycles. The Hall–Kier alpha value is -2.05. The lowest BCUT2D eigenvalue weighted by atomic mass is 10.1. The molecule has 0 fully saturated rings. The van der Waals surface area contributed by atoms with E-state index in [1.54, 1.807) is 13.3 Å². The lowest BCUT2D eigenvalue weighted by Crippen LogP contribution is -2.49. The molecule has 2 amide bonds. The number of hydrogen-bond donors (Lipinski definition) is 1. The van der Waals surface area contributed by atoms with Crippen molar-refractivity contribution in [2.45, 2.75) is 46.2 Å². The van der Waals surface area contributed by atoms with E-state index < -0.39 is 12.0 Å². The summed E-state index contributed by atoms with van der Waals surface area (Å²) < 4.78 is 10.0. The molecule has 1 atom stereocenters. The second kappa shape index (κ2) is 7.82. The number of methoxy groups -OCH3 is 1. The van der Waals surface area contributed by atoms with Gasteiger partial charge in [0, 0.05) is 13.0 Å². The second-order valence-corrected chi connectivity index (χ2v) is 5.88. The minimum Gasteiger partial charge on any atom is -0.467 e. The van der Waals surface area contributed by atoms with Gasteiger partial charge in [0.05, 0.1) is 19.3 Å². The van der Waals surface area contributed by atoms with Gasteiger partial charge in [0.2, 0.25) is 0 Å². The lowest BCUT2D eigenvalue weighted by Gasteiger charge is -2.23. The Morgan fingerprint density at radius 1 is 1.36 bits per heavy atom. The number of ether oxygens (including phenoxy) is 1. The largest absolute Gasteiger partial charge is 0.467 e. The maximum Gasteiger partial charge on any atom is 0.328 e. The second-order valence-electron chi connectivity index (χ2n) is 5.88. The van der Waals surface area contributed by atoms with E-state index in [1.807, 2.05) is 27.7 Å². The molecule has 22 heavy (non-hydrogen) atoms. The van der Waals surface area contributed by atoms with Crippen LogP contribution in [0.25, 0.3) is 0 Å². The predicted molar refractivity (Wildman–Crippen MR) is 81.2 cm³/mol. The third-order valence-electron chi connectivity index (χ3n) is 3.21. The molecule has 0 radical (unpaired) electrons. The van der Waals surface area contributed by atoms with Gasteiger partial charge in [-0.2, -0.15) is 0 Å². The van der Waals surface area contributed by atoms with Gasteiger partial charge in [-0.3, -0.25) is 0 Å². The van der Waals surface area contributed by atoms with E-state index in [2.05, 4.69) is 10.3 Å². The molecule has 7 heteroatoms. The van der Waals surface area contributed by atoms with E-state index in [4.69, 9.17) is 9.15 Å². The minimum absolute atomic E-state index is 0.0654. The maximum absolute atomic E-state index is 12.2. The van der Waals surface area contributed by atoms with Crippen LogP contribution < -0.4 is 5.32 Å². The number of carbonyl (C=O) groups excluding carboxylic acids is 2. The molecule has 1 rings (SSSR count). The van der Waals surface area contributed by atoms with Crippen LogP contribution in [0.4, 0.5) is 4.79 Å². The number of amides is 2. The molecule has 0 saturated heterocycles. The number of esters is 1. The van der Waals surface area contributed by atoms with E-state index >= 15 is 0 Å². The smallest absolute Gasteiger partial charge is 0.328 e. The number of oxazole rings is 1. The standard InChI is InChI=1S/C15H25N3O4/c1-9(2)12(14(19)21-6)17-15(20)18(5)7-11-8-22-13(16-11)10(3)4/h8-10,12H,7H2,1-6H3,(H,17,20)/t12-/m0/s1. The fourth-order valence-electron chi connectivity index (χ4n) is 1.84. The maximum atomic E-state index is 12.2. The van der Waals surface area contributed by atoms with Gasteiger partial charge in [0.15, 0.2) is 5.89 Å². The molecule has 7 nitrogen and oxygen atoms in total. The van der Waals surface area contributed by atoms with Crippen molar-refractivity contribution in [3.05, 3.63) is 17.8 Å². The van der Waals surface area contributed by atoms with Crippen LogP contribution in [0.1, 0.15) is 45.2 Å². The van der Waals surface area contributed by atoms with Gasteiger partial charge in [0.25, 0.3) is 0 Å². The summed E-state index contributed by atoms with van der Waals surface area (Å²) in [6.45, 7) is 7.95. The fraction of sp³-hybridized carbons (Fsp3) is 0.667. The van der Waals surface area contributed by atoms with Gasteiger partial charge in [-0.1, -0.05) is 27.7 Å². The van der Waals surface area contributed by atoms with Gasteiger partial charge >= 0.3 is 12.0 Å². The van der Waals surface area contributed by atoms with Crippen molar-refractivity contribution in [2.24, 2.45) is 5.92 Å². The van der Waals surface area contributed by atoms with Gasteiger partial charge < -0.3 is 19.4 Å². The third kappa shape index (κ3) is 4.75. The summed E-state index contributed by atoms with van der Waals surface area (Å²) >= 11 is 0. The highest BCUT2D eigenvalue weighted by molar-refractivity contribution is 5.83. The van der Waals surface area contributed by atoms with Crippen molar-refractivity contribution in [1.29, 1.82) is 0 Å². The first-order valence-electron chi connectivity index (χ1n) is 7.30. The van der Waals surface area contributed by atoms with E-state index in [0.29, 0.717) is 18.1 Å². The van der Waals surface area contributed by atoms with Crippen molar-refractivity contribution in [3.8, 4) is 0 Å². The monoisotopic (exact) mass is 311 g/mol. The zero-order valence-electron chi connectivity index (χ0n) is 14.0. The minimum atomic E-state index is -0.677. The molecule has 0 aromatic carbocycles. The third-order valence-corrected chi connectivity index (χ3v) is 3.21. The van der Waals surface area contributed by atoms with Crippen LogP contribution in [0.2, 0.25) is 0 Å². The highest BCUT2D eigenvalue weighted by Crippen LogP contribution is 2.14. The van der Waals surface area contributed by atoms with E-state index in [-0.39, 0.29) is 17.9 Å². The zero-order valence-corrected chi connectivity index (χ0v) is 14.0. The molecule has 1 aromatic heterocycles. The first-order chi connectivity index (χ1) is 10.3. The molecule has 1 N–H and O–H groups in total. The van der Waals surface area contributed by atoms with Crippen LogP contribution in [-0.2, 0) is 16.1 Å². The Bertz CT molecular complexity index is 511. The normalized spacial score (nSPS) is 12.4. The number of urea groups is 1. The molecule has 1 heterocycles. The molecule has 1 aromatic rings. The molecule has 0 bridgehead atoms. The Morgan fingerprint density at radius 2 is 2.00 bits per heavy atom. The van der Waals surface area contributed by atoms with E-state index in [0.717, 1.165) is 0 Å². The van der Waals surface area contributed by atoms with Crippen LogP contribution in [0, 0.1) is 5.92 Å². The van der Waals surface area contributed by atoms with Gasteiger partial charge in [0.1, 0.15) is 12.3 Å². The molecular weight excluding hydrogens is 286 g/mol. The number of nitrogens with zero attached hydrogens (tertiary/aromatic N) is 2. The SMILES string of the molecule is COC(=O)[C@@H](NC(=O)N(C)Cc1coc(C(C)C)n1)C(C)C. The predicted octanol–water partition coefficient (Wildman–Crippen LogP) is 2.14. The highest BCUT2D eigenvalue weighted by Gasteiger charge is 2.26. The summed E-state index contributed by atoms with van der Waals surface area (Å²) in [6.07, 6.45) is 1.54. The molecule has 0 spiro atoms. The molecule has 124 valence electrons. The summed E-state index contributed by atoms with van der Waals surface area (Å²) in [7, 11) is 2.93. The highest BCUT2D eigenvalue weighted by atomic mass is 16.5. The van der Waals surface area contributed by atoms with Gasteiger partial charge in [-0.15, -0.1) is 0 Å². The summed E-state index contributed by atoms with van der Waals surface area (Å²) in [5.74, 6) is 0.306. The van der Waals surface area contributed by atoms with Crippen molar-refractivity contribution in [2.75, 3.05) is 14.2 Å². The van der Waals surface area contributed by atoms with E-state index in [1.165, 1.54) is 12.0 Å². The summed E-state index contributed by atoms with van der Waals surface area (Å²) in [6, 6.07) is -1.04. The van der Waals surface area contributed by atoms with Gasteiger partial charge in [-0.25, -0.2) is 14.6 Å². The summed E-state index contributed by atoms with van der Waals surface area (Å²) in [5, 5.41) is 2.67. The number of nitrogens with one attached hydrogen (secondary N) is 1. The van der Waals surface area contributed by atoms with Crippen molar-refractivity contribution >= 4 is 12.0 Å². The Labute approximate surface area is 131 Å². The van der Waals surface area contributed by atoms with Crippen LogP contribution in [0.3, 0.4) is 0 Å². The van der Waals surface area contributed by atoms with Crippen molar-refractivity contribution in [3.63, 3.8) is 0 Å². The average molecular weight is 311 g/mol. The Balaban J connectivity index is 2.65. The van der Waals surface area contributed by atoms with Crippen molar-refractivity contribution < 1.29 is 18.7 Å². The zero-order chi connectivity index (χ0) is 16.9. The molecular formula is C15H25N3O4. The first kappa shape index (κ1) is 18.0. The first-order valence-corrected chi connectivity index (χ1v) is 7.30. The van der Waals surface area contributed by atoms with Crippen molar-refractivity contribution in [1.82, 2.24) is 15.2 Å². The van der Waals surface area contributed by atoms with Gasteiger partial charge in [-0.05, 0) is 5.92 Å². The topological polar surface area (TPSA) is 84.7 Å². The number of hydrogen-bond acceptors (Lipinski definition) is 5. The van der Waals surface area contributed by atoms with Crippen LogP contribution in [0.15, 0.2) is 10.7 Å². The summed E-state index contributed by atoms with van der Waals surface area (Å²) in [4.78, 5) is 29.6. The summed E-state index contributed by atoms with van der Waals surface area (Å²) in [5.41, 5.74) is 0.667. The van der Waals surface area contributed by atoms with E-state index in [9.17, 15) is 9.59 Å². The number of aromatic nitrogens is 1. The number of carbonyl (C=O) groups is 2. The fourth-order valence-corrected chi connectivity index (χ4v) is 1.84.